The molecule has 0 aliphatic rings. The molecule has 4 nitrogen and oxygen atoms in total. The van der Waals surface area contributed by atoms with Gasteiger partial charge < -0.3 is 10.1 Å². The molecule has 0 aliphatic heterocycles. The number of rotatable bonds is 3. The molecule has 2 N–H and O–H groups in total. The van der Waals surface area contributed by atoms with E-state index in [2.05, 4.69) is 34.2 Å². The van der Waals surface area contributed by atoms with Gasteiger partial charge in [0.2, 0.25) is 0 Å². The van der Waals surface area contributed by atoms with Crippen LogP contribution in [-0.4, -0.2) is 21.0 Å². The average molecular weight is 266 g/mol. The molecule has 0 aliphatic carbocycles. The number of carboxylic acid groups (broad SMARTS) is 1. The van der Waals surface area contributed by atoms with E-state index in [0.717, 1.165) is 16.9 Å². The zero-order valence-electron chi connectivity index (χ0n) is 11.1. The van der Waals surface area contributed by atoms with E-state index >= 15 is 0 Å². The number of H-pyrrole nitrogens is 1. The molecule has 4 heteroatoms. The average Bonchev–Trinajstić information content (AvgIpc) is 2.83. The van der Waals surface area contributed by atoms with Crippen LogP contribution in [0.4, 0.5) is 0 Å². The third kappa shape index (κ3) is 2.28. The number of imidazole rings is 1. The lowest BCUT2D eigenvalue weighted by molar-refractivity contribution is 0.0699. The predicted molar refractivity (Wildman–Crippen MR) is 77.0 cm³/mol. The number of aryl methyl sites for hydroxylation is 1. The number of hydrogen-bond donors (Lipinski definition) is 2. The second kappa shape index (κ2) is 4.81. The summed E-state index contributed by atoms with van der Waals surface area (Å²) in [6.45, 7) is 2.05. The fourth-order valence-corrected chi connectivity index (χ4v) is 2.24. The first-order valence-corrected chi connectivity index (χ1v) is 6.40. The first-order chi connectivity index (χ1) is 9.63. The molecule has 100 valence electrons. The van der Waals surface area contributed by atoms with Crippen LogP contribution >= 0.6 is 0 Å². The smallest absolute Gasteiger partial charge is 0.337 e. The maximum Gasteiger partial charge on any atom is 0.337 e. The Morgan fingerprint density at radius 3 is 2.65 bits per heavy atom. The van der Waals surface area contributed by atoms with Crippen LogP contribution in [-0.2, 0) is 6.42 Å². The standard InChI is InChI=1S/C16H14N2O2/c1-10-5-7-11(8-6-10)9-14-17-13-4-2-3-12(16(19)20)15(13)18-14/h2-8H,9H2,1H3,(H,17,18)(H,19,20). The molecule has 0 saturated carbocycles. The van der Waals surface area contributed by atoms with E-state index in [0.29, 0.717) is 11.9 Å². The molecule has 0 atom stereocenters. The summed E-state index contributed by atoms with van der Waals surface area (Å²) in [6, 6.07) is 13.4. The minimum atomic E-state index is -0.955. The Kier molecular flexibility index (Phi) is 2.99. The van der Waals surface area contributed by atoms with Crippen LogP contribution in [0.5, 0.6) is 0 Å². The highest BCUT2D eigenvalue weighted by molar-refractivity contribution is 6.00. The van der Waals surface area contributed by atoms with Crippen molar-refractivity contribution in [1.29, 1.82) is 0 Å². The van der Waals surface area contributed by atoms with E-state index in [1.165, 1.54) is 5.56 Å². The highest BCUT2D eigenvalue weighted by atomic mass is 16.4. The second-order valence-corrected chi connectivity index (χ2v) is 4.85. The fraction of sp³-hybridized carbons (Fsp3) is 0.125. The summed E-state index contributed by atoms with van der Waals surface area (Å²) < 4.78 is 0. The summed E-state index contributed by atoms with van der Waals surface area (Å²) in [5.74, 6) is -0.179. The van der Waals surface area contributed by atoms with Crippen molar-refractivity contribution in [1.82, 2.24) is 9.97 Å². The molecular weight excluding hydrogens is 252 g/mol. The van der Waals surface area contributed by atoms with Crippen molar-refractivity contribution in [3.05, 3.63) is 65.0 Å². The molecule has 0 amide bonds. The number of aromatic carboxylic acids is 1. The molecule has 20 heavy (non-hydrogen) atoms. The van der Waals surface area contributed by atoms with Crippen LogP contribution in [0.3, 0.4) is 0 Å². The van der Waals surface area contributed by atoms with Gasteiger partial charge in [-0.1, -0.05) is 35.9 Å². The highest BCUT2D eigenvalue weighted by Crippen LogP contribution is 2.18. The number of aromatic amines is 1. The van der Waals surface area contributed by atoms with Gasteiger partial charge in [-0.05, 0) is 24.6 Å². The van der Waals surface area contributed by atoms with Gasteiger partial charge in [0, 0.05) is 6.42 Å². The SMILES string of the molecule is Cc1ccc(Cc2nc3c(C(=O)O)cccc3[nH]2)cc1. The lowest BCUT2D eigenvalue weighted by atomic mass is 10.1. The van der Waals surface area contributed by atoms with Crippen molar-refractivity contribution >= 4 is 17.0 Å². The van der Waals surface area contributed by atoms with Crippen LogP contribution in [0.15, 0.2) is 42.5 Å². The third-order valence-electron chi connectivity index (χ3n) is 3.28. The Balaban J connectivity index is 1.99. The van der Waals surface area contributed by atoms with Crippen molar-refractivity contribution in [2.75, 3.05) is 0 Å². The van der Waals surface area contributed by atoms with Gasteiger partial charge in [-0.15, -0.1) is 0 Å². The number of nitrogens with zero attached hydrogens (tertiary/aromatic N) is 1. The molecular formula is C16H14N2O2. The van der Waals surface area contributed by atoms with E-state index in [1.54, 1.807) is 12.1 Å². The Bertz CT molecular complexity index is 773. The van der Waals surface area contributed by atoms with Gasteiger partial charge in [0.15, 0.2) is 0 Å². The normalized spacial score (nSPS) is 10.8. The molecule has 2 aromatic carbocycles. The van der Waals surface area contributed by atoms with E-state index in [1.807, 2.05) is 13.0 Å². The Morgan fingerprint density at radius 2 is 1.95 bits per heavy atom. The minimum absolute atomic E-state index is 0.230. The third-order valence-corrected chi connectivity index (χ3v) is 3.28. The molecule has 0 radical (unpaired) electrons. The zero-order chi connectivity index (χ0) is 14.1. The summed E-state index contributed by atoms with van der Waals surface area (Å²) in [5.41, 5.74) is 3.86. The van der Waals surface area contributed by atoms with E-state index in [9.17, 15) is 4.79 Å². The number of benzene rings is 2. The number of fused-ring (bicyclic) bond motifs is 1. The maximum atomic E-state index is 11.2. The van der Waals surface area contributed by atoms with Crippen molar-refractivity contribution in [2.24, 2.45) is 0 Å². The number of hydrogen-bond acceptors (Lipinski definition) is 2. The van der Waals surface area contributed by atoms with Gasteiger partial charge in [0.05, 0.1) is 11.1 Å². The second-order valence-electron chi connectivity index (χ2n) is 4.85. The van der Waals surface area contributed by atoms with Crippen LogP contribution in [0.1, 0.15) is 27.3 Å². The monoisotopic (exact) mass is 266 g/mol. The number of carbonyl (C=O) groups is 1. The minimum Gasteiger partial charge on any atom is -0.478 e. The van der Waals surface area contributed by atoms with Gasteiger partial charge in [0.25, 0.3) is 0 Å². The Labute approximate surface area is 116 Å². The van der Waals surface area contributed by atoms with E-state index in [-0.39, 0.29) is 5.56 Å². The highest BCUT2D eigenvalue weighted by Gasteiger charge is 2.12. The maximum absolute atomic E-state index is 11.2. The molecule has 0 fully saturated rings. The van der Waals surface area contributed by atoms with Crippen molar-refractivity contribution < 1.29 is 9.90 Å². The van der Waals surface area contributed by atoms with Gasteiger partial charge in [-0.25, -0.2) is 9.78 Å². The molecule has 3 rings (SSSR count). The lowest BCUT2D eigenvalue weighted by Gasteiger charge is -1.98. The summed E-state index contributed by atoms with van der Waals surface area (Å²) in [7, 11) is 0. The molecule has 1 heterocycles. The predicted octanol–water partition coefficient (Wildman–Crippen LogP) is 3.16. The topological polar surface area (TPSA) is 66.0 Å². The quantitative estimate of drug-likeness (QED) is 0.765. The van der Waals surface area contributed by atoms with E-state index < -0.39 is 5.97 Å². The summed E-state index contributed by atoms with van der Waals surface area (Å²) in [6.07, 6.45) is 0.661. The number of nitrogens with one attached hydrogen (secondary N) is 1. The zero-order valence-corrected chi connectivity index (χ0v) is 11.1. The van der Waals surface area contributed by atoms with Crippen LogP contribution in [0.25, 0.3) is 11.0 Å². The van der Waals surface area contributed by atoms with Gasteiger partial charge in [-0.2, -0.15) is 0 Å². The molecule has 0 saturated heterocycles. The molecule has 0 spiro atoms. The number of carboxylic acids is 1. The summed E-state index contributed by atoms with van der Waals surface area (Å²) in [4.78, 5) is 18.8. The Morgan fingerprint density at radius 1 is 1.20 bits per heavy atom. The summed E-state index contributed by atoms with van der Waals surface area (Å²) in [5, 5.41) is 9.16. The largest absolute Gasteiger partial charge is 0.478 e. The van der Waals surface area contributed by atoms with Crippen molar-refractivity contribution in [2.45, 2.75) is 13.3 Å². The van der Waals surface area contributed by atoms with Crippen molar-refractivity contribution in [3.8, 4) is 0 Å². The van der Waals surface area contributed by atoms with E-state index in [4.69, 9.17) is 5.11 Å². The van der Waals surface area contributed by atoms with Gasteiger partial charge >= 0.3 is 5.97 Å². The molecule has 0 bridgehead atoms. The number of aromatic nitrogens is 2. The Hall–Kier alpha value is -2.62. The van der Waals surface area contributed by atoms with Crippen molar-refractivity contribution in [3.63, 3.8) is 0 Å². The van der Waals surface area contributed by atoms with Crippen LogP contribution in [0.2, 0.25) is 0 Å². The lowest BCUT2D eigenvalue weighted by Crippen LogP contribution is -1.97. The number of para-hydroxylation sites is 1. The summed E-state index contributed by atoms with van der Waals surface area (Å²) >= 11 is 0. The van der Waals surface area contributed by atoms with Gasteiger partial charge in [0.1, 0.15) is 11.3 Å². The molecule has 1 aromatic heterocycles. The molecule has 0 unspecified atom stereocenters. The van der Waals surface area contributed by atoms with Crippen LogP contribution < -0.4 is 0 Å². The first kappa shape index (κ1) is 12.4. The fourth-order valence-electron chi connectivity index (χ4n) is 2.24. The van der Waals surface area contributed by atoms with Gasteiger partial charge in [-0.3, -0.25) is 0 Å². The van der Waals surface area contributed by atoms with Crippen LogP contribution in [0, 0.1) is 6.92 Å². The molecule has 3 aromatic rings. The first-order valence-electron chi connectivity index (χ1n) is 6.40.